The number of hydrazone groups is 1. The van der Waals surface area contributed by atoms with Crippen molar-refractivity contribution < 1.29 is 22.8 Å². The Balaban J connectivity index is 2.01. The van der Waals surface area contributed by atoms with Crippen molar-refractivity contribution >= 4 is 23.2 Å². The Kier molecular flexibility index (Phi) is 4.48. The van der Waals surface area contributed by atoms with E-state index in [9.17, 15) is 22.8 Å². The highest BCUT2D eigenvalue weighted by molar-refractivity contribution is 6.13. The molecule has 22 heavy (non-hydrogen) atoms. The van der Waals surface area contributed by atoms with Gasteiger partial charge in [0.1, 0.15) is 0 Å². The van der Waals surface area contributed by atoms with Gasteiger partial charge >= 0.3 is 12.1 Å². The Bertz CT molecular complexity index is 599. The molecule has 2 rings (SSSR count). The maximum absolute atomic E-state index is 12.1. The van der Waals surface area contributed by atoms with Crippen LogP contribution in [-0.2, 0) is 9.59 Å². The summed E-state index contributed by atoms with van der Waals surface area (Å²) in [6.07, 6.45) is -4.89. The van der Waals surface area contributed by atoms with E-state index in [1.807, 2.05) is 0 Å². The molecule has 5 nitrogen and oxygen atoms in total. The van der Waals surface area contributed by atoms with Gasteiger partial charge in [-0.15, -0.1) is 0 Å². The van der Waals surface area contributed by atoms with Crippen molar-refractivity contribution in [3.8, 4) is 0 Å². The molecule has 0 saturated carbocycles. The fourth-order valence-electron chi connectivity index (χ4n) is 1.96. The molecule has 1 aliphatic heterocycles. The number of rotatable bonds is 4. The lowest BCUT2D eigenvalue weighted by Gasteiger charge is -2.13. The second-order valence-corrected chi connectivity index (χ2v) is 4.92. The molecule has 0 aliphatic carbocycles. The Morgan fingerprint density at radius 2 is 2.00 bits per heavy atom. The zero-order valence-electron chi connectivity index (χ0n) is 11.7. The molecule has 0 saturated heterocycles. The first kappa shape index (κ1) is 16.0. The largest absolute Gasteiger partial charge is 0.471 e. The summed E-state index contributed by atoms with van der Waals surface area (Å²) in [5.41, 5.74) is 1.03. The van der Waals surface area contributed by atoms with Crippen LogP contribution in [0.15, 0.2) is 35.4 Å². The van der Waals surface area contributed by atoms with E-state index in [2.05, 4.69) is 5.10 Å². The number of nitrogens with zero attached hydrogens (tertiary/aromatic N) is 2. The van der Waals surface area contributed by atoms with E-state index in [0.29, 0.717) is 11.4 Å². The minimum atomic E-state index is -4.91. The molecule has 0 fully saturated rings. The van der Waals surface area contributed by atoms with E-state index in [0.717, 1.165) is 0 Å². The normalized spacial score (nSPS) is 16.5. The molecular formula is C14H14F3N3O2. The van der Waals surface area contributed by atoms with Crippen molar-refractivity contribution in [3.63, 3.8) is 0 Å². The fourth-order valence-corrected chi connectivity index (χ4v) is 1.96. The van der Waals surface area contributed by atoms with Crippen molar-refractivity contribution in [2.75, 3.05) is 11.6 Å². The summed E-state index contributed by atoms with van der Waals surface area (Å²) in [6.45, 7) is 1.38. The summed E-state index contributed by atoms with van der Waals surface area (Å²) >= 11 is 0. The molecule has 118 valence electrons. The third-order valence-electron chi connectivity index (χ3n) is 3.19. The molecule has 1 unspecified atom stereocenters. The molecule has 8 heteroatoms. The fraction of sp³-hybridized carbons (Fsp3) is 0.357. The average Bonchev–Trinajstić information content (AvgIpc) is 2.86. The quantitative estimate of drug-likeness (QED) is 0.925. The van der Waals surface area contributed by atoms with Crippen molar-refractivity contribution in [1.82, 2.24) is 5.32 Å². The van der Waals surface area contributed by atoms with Crippen LogP contribution < -0.4 is 10.3 Å². The van der Waals surface area contributed by atoms with Gasteiger partial charge in [-0.1, -0.05) is 25.1 Å². The van der Waals surface area contributed by atoms with Crippen LogP contribution in [0, 0.1) is 5.92 Å². The number of carbonyl (C=O) groups excluding carboxylic acids is 2. The third kappa shape index (κ3) is 3.63. The highest BCUT2D eigenvalue weighted by Gasteiger charge is 2.39. The zero-order chi connectivity index (χ0) is 16.3. The van der Waals surface area contributed by atoms with Crippen LogP contribution in [0.5, 0.6) is 0 Å². The molecule has 0 radical (unpaired) electrons. The first-order chi connectivity index (χ1) is 10.3. The summed E-state index contributed by atoms with van der Waals surface area (Å²) in [4.78, 5) is 22.7. The number of amides is 2. The van der Waals surface area contributed by atoms with Gasteiger partial charge in [0.15, 0.2) is 0 Å². The summed E-state index contributed by atoms with van der Waals surface area (Å²) in [5, 5.41) is 7.16. The van der Waals surface area contributed by atoms with Crippen molar-refractivity contribution in [2.45, 2.75) is 19.5 Å². The predicted octanol–water partition coefficient (Wildman–Crippen LogP) is 2.09. The van der Waals surface area contributed by atoms with Crippen LogP contribution in [0.4, 0.5) is 18.9 Å². The van der Waals surface area contributed by atoms with Gasteiger partial charge in [0.2, 0.25) is 0 Å². The second-order valence-electron chi connectivity index (χ2n) is 4.92. The molecular weight excluding hydrogens is 299 g/mol. The van der Waals surface area contributed by atoms with E-state index in [4.69, 9.17) is 0 Å². The molecule has 0 aromatic heterocycles. The molecule has 0 bridgehead atoms. The SMILES string of the molecule is CC(CNC(=O)C(F)(F)F)C1=NN(c2ccccc2)C(=O)C1. The lowest BCUT2D eigenvalue weighted by atomic mass is 10.0. The molecule has 1 aliphatic rings. The Labute approximate surface area is 124 Å². The van der Waals surface area contributed by atoms with Crippen LogP contribution >= 0.6 is 0 Å². The van der Waals surface area contributed by atoms with Gasteiger partial charge in [-0.05, 0) is 12.1 Å². The second kappa shape index (κ2) is 6.17. The molecule has 0 spiro atoms. The van der Waals surface area contributed by atoms with E-state index < -0.39 is 18.0 Å². The molecule has 1 aromatic rings. The average molecular weight is 313 g/mol. The molecule has 1 atom stereocenters. The van der Waals surface area contributed by atoms with Gasteiger partial charge in [-0.2, -0.15) is 18.3 Å². The van der Waals surface area contributed by atoms with Gasteiger partial charge in [-0.3, -0.25) is 9.59 Å². The molecule has 1 heterocycles. The highest BCUT2D eigenvalue weighted by Crippen LogP contribution is 2.22. The number of para-hydroxylation sites is 1. The summed E-state index contributed by atoms with van der Waals surface area (Å²) in [6, 6.07) is 8.72. The minimum absolute atomic E-state index is 0.0257. The zero-order valence-corrected chi connectivity index (χ0v) is 11.7. The van der Waals surface area contributed by atoms with Gasteiger partial charge < -0.3 is 5.32 Å². The summed E-state index contributed by atoms with van der Waals surface area (Å²) in [7, 11) is 0. The van der Waals surface area contributed by atoms with Crippen LogP contribution in [0.1, 0.15) is 13.3 Å². The topological polar surface area (TPSA) is 61.8 Å². The van der Waals surface area contributed by atoms with Crippen LogP contribution in [-0.4, -0.2) is 30.2 Å². The highest BCUT2D eigenvalue weighted by atomic mass is 19.4. The predicted molar refractivity (Wildman–Crippen MR) is 74.2 cm³/mol. The summed E-state index contributed by atoms with van der Waals surface area (Å²) < 4.78 is 36.4. The number of halogens is 3. The van der Waals surface area contributed by atoms with Crippen LogP contribution in [0.25, 0.3) is 0 Å². The van der Waals surface area contributed by atoms with Crippen molar-refractivity contribution in [2.24, 2.45) is 11.0 Å². The number of anilines is 1. The first-order valence-electron chi connectivity index (χ1n) is 6.59. The standard InChI is InChI=1S/C14H14F3N3O2/c1-9(8-18-13(22)14(15,16)17)11-7-12(21)20(19-11)10-5-3-2-4-6-10/h2-6,9H,7-8H2,1H3,(H,18,22). The molecule has 1 N–H and O–H groups in total. The number of alkyl halides is 3. The number of nitrogens with one attached hydrogen (secondary N) is 1. The lowest BCUT2D eigenvalue weighted by Crippen LogP contribution is -2.40. The van der Waals surface area contributed by atoms with Crippen molar-refractivity contribution in [3.05, 3.63) is 30.3 Å². The smallest absolute Gasteiger partial charge is 0.348 e. The van der Waals surface area contributed by atoms with E-state index in [1.54, 1.807) is 42.6 Å². The van der Waals surface area contributed by atoms with E-state index in [-0.39, 0.29) is 18.9 Å². The molecule has 2 amide bonds. The van der Waals surface area contributed by atoms with Gasteiger partial charge in [0, 0.05) is 12.5 Å². The van der Waals surface area contributed by atoms with Crippen LogP contribution in [0.3, 0.4) is 0 Å². The molecule has 1 aromatic carbocycles. The number of hydrogen-bond donors (Lipinski definition) is 1. The maximum Gasteiger partial charge on any atom is 0.471 e. The Morgan fingerprint density at radius 3 is 2.59 bits per heavy atom. The number of carbonyl (C=O) groups is 2. The minimum Gasteiger partial charge on any atom is -0.348 e. The number of benzene rings is 1. The van der Waals surface area contributed by atoms with Gasteiger partial charge in [0.05, 0.1) is 17.8 Å². The Morgan fingerprint density at radius 1 is 1.36 bits per heavy atom. The van der Waals surface area contributed by atoms with E-state index in [1.165, 1.54) is 5.01 Å². The van der Waals surface area contributed by atoms with Gasteiger partial charge in [0.25, 0.3) is 5.91 Å². The van der Waals surface area contributed by atoms with Crippen molar-refractivity contribution in [1.29, 1.82) is 0 Å². The maximum atomic E-state index is 12.1. The lowest BCUT2D eigenvalue weighted by molar-refractivity contribution is -0.173. The monoisotopic (exact) mass is 313 g/mol. The van der Waals surface area contributed by atoms with Crippen LogP contribution in [0.2, 0.25) is 0 Å². The Hall–Kier alpha value is -2.38. The van der Waals surface area contributed by atoms with Gasteiger partial charge in [-0.25, -0.2) is 5.01 Å². The summed E-state index contributed by atoms with van der Waals surface area (Å²) in [5.74, 6) is -2.72. The first-order valence-corrected chi connectivity index (χ1v) is 6.59. The number of hydrogen-bond acceptors (Lipinski definition) is 3. The third-order valence-corrected chi connectivity index (χ3v) is 3.19. The van der Waals surface area contributed by atoms with E-state index >= 15 is 0 Å².